The van der Waals surface area contributed by atoms with E-state index in [0.29, 0.717) is 10.8 Å². The van der Waals surface area contributed by atoms with E-state index in [0.717, 1.165) is 16.9 Å². The fourth-order valence-corrected chi connectivity index (χ4v) is 2.08. The van der Waals surface area contributed by atoms with Gasteiger partial charge in [-0.3, -0.25) is 4.98 Å². The van der Waals surface area contributed by atoms with E-state index in [9.17, 15) is 0 Å². The van der Waals surface area contributed by atoms with Crippen LogP contribution in [0.2, 0.25) is 5.02 Å². The van der Waals surface area contributed by atoms with Crippen LogP contribution in [0.5, 0.6) is 0 Å². The SMILES string of the molecule is Cc1c(Cl)cccc1-n1ncnc1-c1ccccn1. The average Bonchev–Trinajstić information content (AvgIpc) is 2.92. The summed E-state index contributed by atoms with van der Waals surface area (Å²) in [7, 11) is 0. The molecule has 0 unspecified atom stereocenters. The van der Waals surface area contributed by atoms with Crippen molar-refractivity contribution in [2.45, 2.75) is 6.92 Å². The first-order chi connectivity index (χ1) is 9.27. The Balaban J connectivity index is 2.18. The fourth-order valence-electron chi connectivity index (χ4n) is 1.91. The van der Waals surface area contributed by atoms with Crippen molar-refractivity contribution < 1.29 is 0 Å². The lowest BCUT2D eigenvalue weighted by Crippen LogP contribution is -2.02. The van der Waals surface area contributed by atoms with Gasteiger partial charge < -0.3 is 0 Å². The summed E-state index contributed by atoms with van der Waals surface area (Å²) in [6.07, 6.45) is 3.25. The minimum atomic E-state index is 0.700. The van der Waals surface area contributed by atoms with E-state index in [-0.39, 0.29) is 0 Å². The van der Waals surface area contributed by atoms with Crippen LogP contribution in [0.15, 0.2) is 48.9 Å². The first-order valence-electron chi connectivity index (χ1n) is 5.84. The second-order valence-electron chi connectivity index (χ2n) is 4.09. The summed E-state index contributed by atoms with van der Waals surface area (Å²) in [6.45, 7) is 1.96. The third kappa shape index (κ3) is 2.11. The predicted octanol–water partition coefficient (Wildman–Crippen LogP) is 3.29. The maximum Gasteiger partial charge on any atom is 0.181 e. The molecule has 0 fully saturated rings. The molecule has 0 radical (unpaired) electrons. The molecule has 3 aromatic rings. The normalized spacial score (nSPS) is 10.6. The summed E-state index contributed by atoms with van der Waals surface area (Å²) in [5, 5.41) is 4.98. The molecule has 0 aliphatic heterocycles. The molecule has 0 saturated carbocycles. The van der Waals surface area contributed by atoms with Crippen LogP contribution in [0, 0.1) is 6.92 Å². The maximum absolute atomic E-state index is 6.15. The molecule has 0 atom stereocenters. The molecule has 0 aliphatic rings. The standard InChI is InChI=1S/C14H11ClN4/c1-10-11(15)5-4-7-13(10)19-14(17-9-18-19)12-6-2-3-8-16-12/h2-9H,1H3. The van der Waals surface area contributed by atoms with Gasteiger partial charge in [0.25, 0.3) is 0 Å². The Morgan fingerprint density at radius 1 is 1.05 bits per heavy atom. The summed E-state index contributed by atoms with van der Waals surface area (Å²) < 4.78 is 1.75. The molecule has 19 heavy (non-hydrogen) atoms. The largest absolute Gasteiger partial charge is 0.253 e. The van der Waals surface area contributed by atoms with Crippen molar-refractivity contribution in [3.63, 3.8) is 0 Å². The minimum Gasteiger partial charge on any atom is -0.253 e. The van der Waals surface area contributed by atoms with Crippen molar-refractivity contribution in [1.29, 1.82) is 0 Å². The van der Waals surface area contributed by atoms with E-state index in [4.69, 9.17) is 11.6 Å². The maximum atomic E-state index is 6.15. The molecule has 94 valence electrons. The van der Waals surface area contributed by atoms with Gasteiger partial charge in [-0.15, -0.1) is 0 Å². The Bertz CT molecular complexity index is 706. The molecule has 4 nitrogen and oxygen atoms in total. The smallest absolute Gasteiger partial charge is 0.181 e. The van der Waals surface area contributed by atoms with Gasteiger partial charge in [-0.1, -0.05) is 23.7 Å². The number of aromatic nitrogens is 4. The molecule has 0 aliphatic carbocycles. The van der Waals surface area contributed by atoms with Gasteiger partial charge in [-0.05, 0) is 36.8 Å². The number of rotatable bonds is 2. The summed E-state index contributed by atoms with van der Waals surface area (Å²) in [6, 6.07) is 11.4. The second-order valence-corrected chi connectivity index (χ2v) is 4.50. The van der Waals surface area contributed by atoms with E-state index >= 15 is 0 Å². The molecule has 0 amide bonds. The van der Waals surface area contributed by atoms with Crippen molar-refractivity contribution in [3.05, 3.63) is 59.5 Å². The summed E-state index contributed by atoms with van der Waals surface area (Å²) >= 11 is 6.15. The number of nitrogens with zero attached hydrogens (tertiary/aromatic N) is 4. The van der Waals surface area contributed by atoms with Crippen molar-refractivity contribution in [2.24, 2.45) is 0 Å². The van der Waals surface area contributed by atoms with E-state index in [1.807, 2.05) is 43.3 Å². The van der Waals surface area contributed by atoms with Gasteiger partial charge in [-0.25, -0.2) is 9.67 Å². The Labute approximate surface area is 115 Å². The first-order valence-corrected chi connectivity index (χ1v) is 6.22. The number of pyridine rings is 1. The monoisotopic (exact) mass is 270 g/mol. The van der Waals surface area contributed by atoms with Gasteiger partial charge in [0.2, 0.25) is 0 Å². The number of halogens is 1. The predicted molar refractivity (Wildman–Crippen MR) is 74.3 cm³/mol. The number of benzene rings is 1. The lowest BCUT2D eigenvalue weighted by atomic mass is 10.2. The third-order valence-electron chi connectivity index (χ3n) is 2.91. The molecule has 1 aromatic carbocycles. The number of hydrogen-bond donors (Lipinski definition) is 0. The molecule has 0 spiro atoms. The Kier molecular flexibility index (Phi) is 3.01. The Hall–Kier alpha value is -2.20. The van der Waals surface area contributed by atoms with E-state index in [1.165, 1.54) is 6.33 Å². The molecular formula is C14H11ClN4. The van der Waals surface area contributed by atoms with Crippen molar-refractivity contribution in [1.82, 2.24) is 19.7 Å². The van der Waals surface area contributed by atoms with E-state index in [2.05, 4.69) is 15.1 Å². The highest BCUT2D eigenvalue weighted by molar-refractivity contribution is 6.31. The molecule has 5 heteroatoms. The summed E-state index contributed by atoms with van der Waals surface area (Å²) in [4.78, 5) is 8.58. The molecular weight excluding hydrogens is 260 g/mol. The Morgan fingerprint density at radius 2 is 1.95 bits per heavy atom. The van der Waals surface area contributed by atoms with Crippen LogP contribution in [0.1, 0.15) is 5.56 Å². The average molecular weight is 271 g/mol. The summed E-state index contributed by atoms with van der Waals surface area (Å²) in [5.41, 5.74) is 2.65. The van der Waals surface area contributed by atoms with Crippen LogP contribution in [0.4, 0.5) is 0 Å². The topological polar surface area (TPSA) is 43.6 Å². The van der Waals surface area contributed by atoms with Crippen LogP contribution in [0.25, 0.3) is 17.2 Å². The third-order valence-corrected chi connectivity index (χ3v) is 3.32. The van der Waals surface area contributed by atoms with Crippen molar-refractivity contribution >= 4 is 11.6 Å². The van der Waals surface area contributed by atoms with Gasteiger partial charge in [0, 0.05) is 11.2 Å². The van der Waals surface area contributed by atoms with Crippen molar-refractivity contribution in [2.75, 3.05) is 0 Å². The van der Waals surface area contributed by atoms with Gasteiger partial charge in [0.1, 0.15) is 12.0 Å². The lowest BCUT2D eigenvalue weighted by molar-refractivity contribution is 0.875. The van der Waals surface area contributed by atoms with Gasteiger partial charge in [0.15, 0.2) is 5.82 Å². The van der Waals surface area contributed by atoms with Gasteiger partial charge in [0.05, 0.1) is 5.69 Å². The zero-order valence-electron chi connectivity index (χ0n) is 10.3. The highest BCUT2D eigenvalue weighted by Crippen LogP contribution is 2.24. The summed E-state index contributed by atoms with van der Waals surface area (Å²) in [5.74, 6) is 0.700. The zero-order valence-corrected chi connectivity index (χ0v) is 11.0. The molecule has 0 N–H and O–H groups in total. The van der Waals surface area contributed by atoms with Crippen LogP contribution >= 0.6 is 11.6 Å². The van der Waals surface area contributed by atoms with Crippen molar-refractivity contribution in [3.8, 4) is 17.2 Å². The zero-order chi connectivity index (χ0) is 13.2. The van der Waals surface area contributed by atoms with E-state index in [1.54, 1.807) is 10.9 Å². The Morgan fingerprint density at radius 3 is 2.74 bits per heavy atom. The highest BCUT2D eigenvalue weighted by atomic mass is 35.5. The molecule has 0 saturated heterocycles. The van der Waals surface area contributed by atoms with Crippen LogP contribution < -0.4 is 0 Å². The van der Waals surface area contributed by atoms with E-state index < -0.39 is 0 Å². The van der Waals surface area contributed by atoms with Crippen LogP contribution in [-0.4, -0.2) is 19.7 Å². The molecule has 0 bridgehead atoms. The second kappa shape index (κ2) is 4.82. The van der Waals surface area contributed by atoms with Gasteiger partial charge >= 0.3 is 0 Å². The fraction of sp³-hybridized carbons (Fsp3) is 0.0714. The minimum absolute atomic E-state index is 0.700. The quantitative estimate of drug-likeness (QED) is 0.718. The molecule has 2 aromatic heterocycles. The van der Waals surface area contributed by atoms with Crippen LogP contribution in [0.3, 0.4) is 0 Å². The highest BCUT2D eigenvalue weighted by Gasteiger charge is 2.12. The van der Waals surface area contributed by atoms with Gasteiger partial charge in [-0.2, -0.15) is 5.10 Å². The first kappa shape index (κ1) is 11.9. The molecule has 2 heterocycles. The molecule has 3 rings (SSSR count). The number of hydrogen-bond acceptors (Lipinski definition) is 3. The lowest BCUT2D eigenvalue weighted by Gasteiger charge is -2.09. The van der Waals surface area contributed by atoms with Crippen LogP contribution in [-0.2, 0) is 0 Å².